The lowest BCUT2D eigenvalue weighted by atomic mass is 9.86. The Balaban J connectivity index is 3.31. The van der Waals surface area contributed by atoms with Gasteiger partial charge in [-0.1, -0.05) is 20.8 Å². The van der Waals surface area contributed by atoms with Crippen LogP contribution < -0.4 is 0 Å². The maximum atomic E-state index is 12.2. The summed E-state index contributed by atoms with van der Waals surface area (Å²) in [7, 11) is 1.13. The molecule has 1 rings (SSSR count). The molecule has 0 radical (unpaired) electrons. The van der Waals surface area contributed by atoms with E-state index in [9.17, 15) is 29.1 Å². The van der Waals surface area contributed by atoms with E-state index in [1.807, 2.05) is 0 Å². The monoisotopic (exact) mass is 458 g/mol. The minimum atomic E-state index is -1.43. The number of ether oxygens (including phenoxy) is 5. The highest BCUT2D eigenvalue weighted by Crippen LogP contribution is 2.34. The molecule has 0 amide bonds. The van der Waals surface area contributed by atoms with Crippen LogP contribution in [0.15, 0.2) is 12.2 Å². The van der Waals surface area contributed by atoms with E-state index >= 15 is 0 Å². The lowest BCUT2D eigenvalue weighted by molar-refractivity contribution is -0.282. The summed E-state index contributed by atoms with van der Waals surface area (Å²) in [5.41, 5.74) is 0. The van der Waals surface area contributed by atoms with Crippen LogP contribution >= 0.6 is 0 Å². The maximum absolute atomic E-state index is 12.2. The molecule has 1 N–H and O–H groups in total. The highest BCUT2D eigenvalue weighted by Gasteiger charge is 2.51. The van der Waals surface area contributed by atoms with Gasteiger partial charge in [0.25, 0.3) is 0 Å². The van der Waals surface area contributed by atoms with Crippen LogP contribution in [0.3, 0.4) is 0 Å². The number of carbonyl (C=O) groups is 5. The summed E-state index contributed by atoms with van der Waals surface area (Å²) in [5, 5.41) is 9.79. The Morgan fingerprint density at radius 1 is 0.844 bits per heavy atom. The molecule has 1 fully saturated rings. The summed E-state index contributed by atoms with van der Waals surface area (Å²) < 4.78 is 26.1. The standard InChI is InChI=1S/C21H30O11/c1-5-12(23)10-13-19(30-15(24)6-2)20(31-16(25)7-3)14(11-22)29-21(13)32-18(27)9-8-17(26)28-4/h8-9,13-14,19-22H,5-7,10-11H2,1-4H3/b9-8+/t13-,14-,19-,20-,21-/m1/s1. The molecule has 0 saturated carbocycles. The second kappa shape index (κ2) is 13.6. The van der Waals surface area contributed by atoms with E-state index in [-0.39, 0.29) is 31.5 Å². The smallest absolute Gasteiger partial charge is 0.333 e. The molecule has 5 atom stereocenters. The summed E-state index contributed by atoms with van der Waals surface area (Å²) in [4.78, 5) is 59.7. The molecule has 0 aromatic carbocycles. The fourth-order valence-electron chi connectivity index (χ4n) is 2.97. The third-order valence-corrected chi connectivity index (χ3v) is 4.71. The van der Waals surface area contributed by atoms with Crippen LogP contribution in [0.25, 0.3) is 0 Å². The zero-order valence-electron chi connectivity index (χ0n) is 18.6. The van der Waals surface area contributed by atoms with Gasteiger partial charge in [0.2, 0.25) is 6.29 Å². The van der Waals surface area contributed by atoms with Gasteiger partial charge in [-0.25, -0.2) is 9.59 Å². The quantitative estimate of drug-likeness (QED) is 0.263. The minimum absolute atomic E-state index is 0.00361. The van der Waals surface area contributed by atoms with Crippen LogP contribution in [0.5, 0.6) is 0 Å². The topological polar surface area (TPSA) is 152 Å². The predicted octanol–water partition coefficient (Wildman–Crippen LogP) is 0.605. The predicted molar refractivity (Wildman–Crippen MR) is 107 cm³/mol. The highest BCUT2D eigenvalue weighted by atomic mass is 16.7. The molecule has 0 aromatic rings. The van der Waals surface area contributed by atoms with Crippen molar-refractivity contribution < 1.29 is 52.8 Å². The Kier molecular flexibility index (Phi) is 11.6. The average Bonchev–Trinajstić information content (AvgIpc) is 2.79. The molecule has 180 valence electrons. The Labute approximate surface area is 186 Å². The van der Waals surface area contributed by atoms with Gasteiger partial charge in [0.05, 0.1) is 19.6 Å². The summed E-state index contributed by atoms with van der Waals surface area (Å²) in [6.45, 7) is 4.09. The highest BCUT2D eigenvalue weighted by molar-refractivity contribution is 5.91. The van der Waals surface area contributed by atoms with Gasteiger partial charge in [-0.3, -0.25) is 14.4 Å². The average molecular weight is 458 g/mol. The number of methoxy groups -OCH3 is 1. The molecular weight excluding hydrogens is 428 g/mol. The molecule has 32 heavy (non-hydrogen) atoms. The van der Waals surface area contributed by atoms with Crippen LogP contribution in [0.4, 0.5) is 0 Å². The second-order valence-corrected chi connectivity index (χ2v) is 6.90. The second-order valence-electron chi connectivity index (χ2n) is 6.90. The van der Waals surface area contributed by atoms with E-state index in [0.29, 0.717) is 0 Å². The molecule has 0 unspecified atom stereocenters. The zero-order chi connectivity index (χ0) is 24.3. The molecular formula is C21H30O11. The molecule has 0 spiro atoms. The lowest BCUT2D eigenvalue weighted by Gasteiger charge is -2.44. The van der Waals surface area contributed by atoms with Crippen molar-refractivity contribution in [2.24, 2.45) is 5.92 Å². The number of aliphatic hydroxyl groups is 1. The summed E-state index contributed by atoms with van der Waals surface area (Å²) >= 11 is 0. The van der Waals surface area contributed by atoms with Gasteiger partial charge in [0.15, 0.2) is 12.2 Å². The molecule has 0 bridgehead atoms. The first-order chi connectivity index (χ1) is 15.2. The van der Waals surface area contributed by atoms with Crippen LogP contribution in [0, 0.1) is 5.92 Å². The Bertz CT molecular complexity index is 715. The minimum Gasteiger partial charge on any atom is -0.466 e. The van der Waals surface area contributed by atoms with Crippen LogP contribution in [-0.2, 0) is 47.7 Å². The molecule has 1 saturated heterocycles. The van der Waals surface area contributed by atoms with Gasteiger partial charge in [-0.2, -0.15) is 0 Å². The van der Waals surface area contributed by atoms with E-state index in [2.05, 4.69) is 4.74 Å². The number of aliphatic hydroxyl groups excluding tert-OH is 1. The lowest BCUT2D eigenvalue weighted by Crippen LogP contribution is -2.59. The first-order valence-electron chi connectivity index (χ1n) is 10.3. The number of esters is 4. The number of rotatable bonds is 11. The van der Waals surface area contributed by atoms with Gasteiger partial charge >= 0.3 is 23.9 Å². The van der Waals surface area contributed by atoms with E-state index in [0.717, 1.165) is 19.3 Å². The van der Waals surface area contributed by atoms with E-state index in [4.69, 9.17) is 18.9 Å². The van der Waals surface area contributed by atoms with Crippen molar-refractivity contribution in [2.75, 3.05) is 13.7 Å². The van der Waals surface area contributed by atoms with Gasteiger partial charge in [-0.05, 0) is 0 Å². The fraction of sp³-hybridized carbons (Fsp3) is 0.667. The van der Waals surface area contributed by atoms with Crippen molar-refractivity contribution in [2.45, 2.75) is 71.1 Å². The summed E-state index contributed by atoms with van der Waals surface area (Å²) in [5.74, 6) is -4.33. The third-order valence-electron chi connectivity index (χ3n) is 4.71. The Hall–Kier alpha value is -2.79. The molecule has 1 heterocycles. The zero-order valence-corrected chi connectivity index (χ0v) is 18.6. The van der Waals surface area contributed by atoms with Crippen molar-refractivity contribution in [3.63, 3.8) is 0 Å². The maximum Gasteiger partial charge on any atom is 0.333 e. The first kappa shape index (κ1) is 27.2. The van der Waals surface area contributed by atoms with Gasteiger partial charge < -0.3 is 28.8 Å². The molecule has 11 heteroatoms. The summed E-state index contributed by atoms with van der Waals surface area (Å²) in [6.07, 6.45) is -3.49. The van der Waals surface area contributed by atoms with Crippen molar-refractivity contribution >= 4 is 29.7 Å². The van der Waals surface area contributed by atoms with Crippen LogP contribution in [-0.4, -0.2) is 73.1 Å². The Morgan fingerprint density at radius 2 is 1.41 bits per heavy atom. The van der Waals surface area contributed by atoms with Crippen molar-refractivity contribution in [1.82, 2.24) is 0 Å². The number of Topliss-reactive ketones (excluding diaryl/α,β-unsaturated/α-hetero) is 1. The molecule has 1 aliphatic heterocycles. The first-order valence-corrected chi connectivity index (χ1v) is 10.3. The molecule has 1 aliphatic rings. The SMILES string of the molecule is CCC(=O)C[C@H]1[C@@H](OC(=O)/C=C/C(=O)OC)O[C@H](CO)[C@@H](OC(=O)CC)[C@@H]1OC(=O)CC. The van der Waals surface area contributed by atoms with E-state index in [1.54, 1.807) is 20.8 Å². The Morgan fingerprint density at radius 3 is 1.91 bits per heavy atom. The normalized spacial score (nSPS) is 25.1. The van der Waals surface area contributed by atoms with Gasteiger partial charge in [0.1, 0.15) is 11.9 Å². The van der Waals surface area contributed by atoms with Crippen molar-refractivity contribution in [3.8, 4) is 0 Å². The fourth-order valence-corrected chi connectivity index (χ4v) is 2.97. The molecule has 0 aliphatic carbocycles. The number of carbonyl (C=O) groups excluding carboxylic acids is 5. The van der Waals surface area contributed by atoms with Gasteiger partial charge in [0, 0.05) is 37.8 Å². The largest absolute Gasteiger partial charge is 0.466 e. The number of hydrogen-bond acceptors (Lipinski definition) is 11. The van der Waals surface area contributed by atoms with Crippen LogP contribution in [0.2, 0.25) is 0 Å². The van der Waals surface area contributed by atoms with E-state index < -0.39 is 61.0 Å². The van der Waals surface area contributed by atoms with Crippen molar-refractivity contribution in [3.05, 3.63) is 12.2 Å². The van der Waals surface area contributed by atoms with Gasteiger partial charge in [-0.15, -0.1) is 0 Å². The molecule has 11 nitrogen and oxygen atoms in total. The third kappa shape index (κ3) is 8.04. The van der Waals surface area contributed by atoms with E-state index in [1.165, 1.54) is 0 Å². The number of ketones is 1. The number of hydrogen-bond donors (Lipinski definition) is 1. The van der Waals surface area contributed by atoms with Crippen molar-refractivity contribution in [1.29, 1.82) is 0 Å². The van der Waals surface area contributed by atoms with Crippen LogP contribution in [0.1, 0.15) is 46.5 Å². The summed E-state index contributed by atoms with van der Waals surface area (Å²) in [6, 6.07) is 0. The molecule has 0 aromatic heterocycles.